The summed E-state index contributed by atoms with van der Waals surface area (Å²) in [5.41, 5.74) is 8.72. The van der Waals surface area contributed by atoms with E-state index in [-0.39, 0.29) is 24.9 Å². The maximum Gasteiger partial charge on any atom is 0.259 e. The molecule has 8 heteroatoms. The molecular formula is C20H24N6O2. The van der Waals surface area contributed by atoms with Crippen molar-refractivity contribution in [3.63, 3.8) is 0 Å². The van der Waals surface area contributed by atoms with Crippen LogP contribution in [0, 0.1) is 13.8 Å². The van der Waals surface area contributed by atoms with Crippen molar-refractivity contribution < 1.29 is 9.59 Å². The summed E-state index contributed by atoms with van der Waals surface area (Å²) in [5.74, 6) is -0.590. The Morgan fingerprint density at radius 2 is 1.07 bits per heavy atom. The molecule has 0 aromatic heterocycles. The van der Waals surface area contributed by atoms with Crippen LogP contribution in [0.25, 0.3) is 0 Å². The van der Waals surface area contributed by atoms with Crippen molar-refractivity contribution in [2.75, 3.05) is 23.7 Å². The third-order valence-corrected chi connectivity index (χ3v) is 3.60. The molecule has 2 rings (SSSR count). The molecule has 0 spiro atoms. The first-order valence-corrected chi connectivity index (χ1v) is 8.76. The van der Waals surface area contributed by atoms with Crippen LogP contribution in [0.1, 0.15) is 11.1 Å². The number of hydrogen-bond donors (Lipinski definition) is 4. The molecule has 0 aliphatic carbocycles. The molecule has 8 nitrogen and oxygen atoms in total. The quantitative estimate of drug-likeness (QED) is 0.394. The van der Waals surface area contributed by atoms with E-state index in [2.05, 4.69) is 31.7 Å². The molecule has 0 fully saturated rings. The van der Waals surface area contributed by atoms with Crippen LogP contribution in [-0.2, 0) is 9.59 Å². The van der Waals surface area contributed by atoms with Crippen molar-refractivity contribution in [3.8, 4) is 0 Å². The zero-order chi connectivity index (χ0) is 20.2. The van der Waals surface area contributed by atoms with Crippen LogP contribution in [-0.4, -0.2) is 37.3 Å². The van der Waals surface area contributed by atoms with Gasteiger partial charge in [-0.1, -0.05) is 35.4 Å². The molecule has 0 heterocycles. The van der Waals surface area contributed by atoms with Crippen LogP contribution in [0.5, 0.6) is 0 Å². The van der Waals surface area contributed by atoms with Crippen LogP contribution >= 0.6 is 0 Å². The van der Waals surface area contributed by atoms with E-state index in [9.17, 15) is 9.59 Å². The lowest BCUT2D eigenvalue weighted by Gasteiger charge is -2.05. The summed E-state index contributed by atoms with van der Waals surface area (Å²) in [6, 6.07) is 15.4. The van der Waals surface area contributed by atoms with Gasteiger partial charge in [0.15, 0.2) is 0 Å². The highest BCUT2D eigenvalue weighted by Crippen LogP contribution is 2.08. The van der Waals surface area contributed by atoms with Gasteiger partial charge in [-0.25, -0.2) is 10.9 Å². The zero-order valence-electron chi connectivity index (χ0n) is 15.9. The van der Waals surface area contributed by atoms with Gasteiger partial charge in [-0.15, -0.1) is 0 Å². The molecule has 2 aromatic rings. The van der Waals surface area contributed by atoms with Crippen LogP contribution in [0.15, 0.2) is 58.7 Å². The van der Waals surface area contributed by atoms with Crippen LogP contribution in [0.4, 0.5) is 11.4 Å². The van der Waals surface area contributed by atoms with Crippen LogP contribution in [0.2, 0.25) is 0 Å². The molecule has 2 aromatic carbocycles. The van der Waals surface area contributed by atoms with E-state index in [1.54, 1.807) is 0 Å². The Labute approximate surface area is 164 Å². The Kier molecular flexibility index (Phi) is 8.19. The Bertz CT molecular complexity index is 757. The molecule has 0 saturated heterocycles. The summed E-state index contributed by atoms with van der Waals surface area (Å²) >= 11 is 0. The van der Waals surface area contributed by atoms with Gasteiger partial charge < -0.3 is 10.6 Å². The van der Waals surface area contributed by atoms with Crippen molar-refractivity contribution in [1.82, 2.24) is 10.9 Å². The molecule has 0 bridgehead atoms. The summed E-state index contributed by atoms with van der Waals surface area (Å²) < 4.78 is 0. The van der Waals surface area contributed by atoms with Gasteiger partial charge in [-0.3, -0.25) is 9.59 Å². The lowest BCUT2D eigenvalue weighted by molar-refractivity contribution is -0.120. The number of nitrogens with zero attached hydrogens (tertiary/aromatic N) is 2. The first kappa shape index (κ1) is 20.6. The van der Waals surface area contributed by atoms with Gasteiger partial charge in [0.05, 0.1) is 25.5 Å². The molecule has 0 aliphatic rings. The fourth-order valence-electron chi connectivity index (χ4n) is 2.07. The number of anilines is 2. The minimum atomic E-state index is -0.295. The smallest absolute Gasteiger partial charge is 0.259 e. The second kappa shape index (κ2) is 11.1. The molecule has 146 valence electrons. The van der Waals surface area contributed by atoms with E-state index in [4.69, 9.17) is 0 Å². The first-order chi connectivity index (χ1) is 13.5. The van der Waals surface area contributed by atoms with Crippen molar-refractivity contribution in [3.05, 3.63) is 59.7 Å². The number of amides is 2. The molecular weight excluding hydrogens is 356 g/mol. The summed E-state index contributed by atoms with van der Waals surface area (Å²) in [6.45, 7) is 4.18. The number of carbonyl (C=O) groups excluding carboxylic acids is 2. The summed E-state index contributed by atoms with van der Waals surface area (Å²) in [6.07, 6.45) is 2.55. The van der Waals surface area contributed by atoms with E-state index < -0.39 is 0 Å². The fraction of sp³-hybridized carbons (Fsp3) is 0.200. The number of hydrogen-bond acceptors (Lipinski definition) is 6. The number of carbonyl (C=O) groups is 2. The predicted molar refractivity (Wildman–Crippen MR) is 113 cm³/mol. The second-order valence-electron chi connectivity index (χ2n) is 6.07. The van der Waals surface area contributed by atoms with E-state index in [0.717, 1.165) is 22.5 Å². The van der Waals surface area contributed by atoms with Crippen molar-refractivity contribution in [2.24, 2.45) is 10.2 Å². The van der Waals surface area contributed by atoms with Crippen molar-refractivity contribution >= 4 is 35.6 Å². The average molecular weight is 380 g/mol. The Morgan fingerprint density at radius 1 is 0.714 bits per heavy atom. The summed E-state index contributed by atoms with van der Waals surface area (Å²) in [4.78, 5) is 23.3. The van der Waals surface area contributed by atoms with Crippen molar-refractivity contribution in [2.45, 2.75) is 13.8 Å². The van der Waals surface area contributed by atoms with Crippen molar-refractivity contribution in [1.29, 1.82) is 0 Å². The molecule has 4 N–H and O–H groups in total. The SMILES string of the molecule is Cc1ccc(NCC(=O)N/N=C\C=N\NC(=O)CNc2ccc(C)cc2)cc1. The molecule has 0 saturated carbocycles. The van der Waals surface area contributed by atoms with Gasteiger partial charge in [0.1, 0.15) is 0 Å². The average Bonchev–Trinajstić information content (AvgIpc) is 2.69. The highest BCUT2D eigenvalue weighted by Gasteiger charge is 2.00. The Morgan fingerprint density at radius 3 is 1.43 bits per heavy atom. The molecule has 0 unspecified atom stereocenters. The second-order valence-corrected chi connectivity index (χ2v) is 6.07. The normalized spacial score (nSPS) is 10.8. The minimum Gasteiger partial charge on any atom is -0.376 e. The number of aryl methyl sites for hydroxylation is 2. The highest BCUT2D eigenvalue weighted by molar-refractivity contribution is 6.16. The molecule has 0 aliphatic heterocycles. The monoisotopic (exact) mass is 380 g/mol. The maximum atomic E-state index is 11.7. The minimum absolute atomic E-state index is 0.0962. The highest BCUT2D eigenvalue weighted by atomic mass is 16.2. The number of nitrogens with one attached hydrogen (secondary N) is 4. The van der Waals surface area contributed by atoms with Gasteiger partial charge in [0, 0.05) is 11.4 Å². The molecule has 0 atom stereocenters. The number of benzene rings is 2. The third-order valence-electron chi connectivity index (χ3n) is 3.60. The lowest BCUT2D eigenvalue weighted by atomic mass is 10.2. The number of hydrazone groups is 2. The summed E-state index contributed by atoms with van der Waals surface area (Å²) in [5, 5.41) is 13.4. The summed E-state index contributed by atoms with van der Waals surface area (Å²) in [7, 11) is 0. The van der Waals surface area contributed by atoms with Crippen LogP contribution < -0.4 is 21.5 Å². The van der Waals surface area contributed by atoms with Crippen LogP contribution in [0.3, 0.4) is 0 Å². The molecule has 0 radical (unpaired) electrons. The van der Waals surface area contributed by atoms with E-state index in [0.29, 0.717) is 0 Å². The van der Waals surface area contributed by atoms with E-state index in [1.165, 1.54) is 12.4 Å². The fourth-order valence-corrected chi connectivity index (χ4v) is 2.07. The Hall–Kier alpha value is -3.68. The zero-order valence-corrected chi connectivity index (χ0v) is 15.9. The van der Waals surface area contributed by atoms with Gasteiger partial charge in [-0.2, -0.15) is 10.2 Å². The molecule has 2 amide bonds. The molecule has 28 heavy (non-hydrogen) atoms. The standard InChI is InChI=1S/C20H24N6O2/c1-15-3-7-17(8-4-15)21-13-19(27)25-23-11-12-24-26-20(28)14-22-18-9-5-16(2)6-10-18/h3-12,21-22H,13-14H2,1-2H3,(H,25,27)(H,26,28)/b23-11-,24-12+. The first-order valence-electron chi connectivity index (χ1n) is 8.76. The topological polar surface area (TPSA) is 107 Å². The van der Waals surface area contributed by atoms with E-state index in [1.807, 2.05) is 62.4 Å². The number of rotatable bonds is 9. The predicted octanol–water partition coefficient (Wildman–Crippen LogP) is 2.03. The lowest BCUT2D eigenvalue weighted by Crippen LogP contribution is -2.26. The Balaban J connectivity index is 1.59. The van der Waals surface area contributed by atoms with Gasteiger partial charge in [0.25, 0.3) is 11.8 Å². The van der Waals surface area contributed by atoms with E-state index >= 15 is 0 Å². The largest absolute Gasteiger partial charge is 0.376 e. The maximum absolute atomic E-state index is 11.7. The third kappa shape index (κ3) is 8.13. The van der Waals surface area contributed by atoms with Gasteiger partial charge in [0.2, 0.25) is 0 Å². The van der Waals surface area contributed by atoms with Gasteiger partial charge in [-0.05, 0) is 38.1 Å². The van der Waals surface area contributed by atoms with Gasteiger partial charge >= 0.3 is 0 Å².